The van der Waals surface area contributed by atoms with Crippen molar-refractivity contribution >= 4 is 38.7 Å². The number of carbonyl (C=O) groups excluding carboxylic acids is 1. The van der Waals surface area contributed by atoms with Crippen molar-refractivity contribution in [2.24, 2.45) is 7.05 Å². The van der Waals surface area contributed by atoms with Crippen LogP contribution in [0.1, 0.15) is 28.8 Å². The minimum Gasteiger partial charge on any atom is -0.748 e. The Balaban J connectivity index is 1.49. The number of benzene rings is 2. The highest BCUT2D eigenvalue weighted by Gasteiger charge is 2.23. The summed E-state index contributed by atoms with van der Waals surface area (Å²) in [6, 6.07) is 11.8. The maximum Gasteiger partial charge on any atom is 0.357 e. The molecule has 0 saturated heterocycles. The average molecular weight is 426 g/mol. The molecule has 0 bridgehead atoms. The third-order valence-electron chi connectivity index (χ3n) is 5.36. The lowest BCUT2D eigenvalue weighted by Crippen LogP contribution is -2.36. The Morgan fingerprint density at radius 3 is 2.67 bits per heavy atom. The minimum atomic E-state index is -4.18. The molecule has 3 aromatic rings. The molecule has 30 heavy (non-hydrogen) atoms. The molecular formula is C22H23N3O4S. The van der Waals surface area contributed by atoms with Gasteiger partial charge in [-0.15, -0.1) is 0 Å². The van der Waals surface area contributed by atoms with Crippen LogP contribution in [0.25, 0.3) is 16.8 Å². The Labute approximate surface area is 175 Å². The monoisotopic (exact) mass is 425 g/mol. The van der Waals surface area contributed by atoms with E-state index >= 15 is 0 Å². The predicted molar refractivity (Wildman–Crippen MR) is 114 cm³/mol. The van der Waals surface area contributed by atoms with Crippen molar-refractivity contribution in [2.45, 2.75) is 19.4 Å². The number of Topliss-reactive ketones (excluding diaryl/α,β-unsaturated/α-hetero) is 1. The second-order valence-corrected chi connectivity index (χ2v) is 9.02. The fraction of sp³-hybridized carbons (Fsp3) is 0.273. The number of imidazole rings is 1. The molecule has 0 unspecified atom stereocenters. The summed E-state index contributed by atoms with van der Waals surface area (Å²) in [4.78, 5) is 13.0. The minimum absolute atomic E-state index is 0.0215. The SMILES string of the molecule is Cn1cc[n+](CCCCS(=O)(=O)[O-])c1NCC1=Cc2cccc3cccc(c23)C1=O. The molecule has 156 valence electrons. The molecule has 1 aliphatic rings. The highest BCUT2D eigenvalue weighted by Crippen LogP contribution is 2.31. The zero-order valence-electron chi connectivity index (χ0n) is 16.7. The maximum absolute atomic E-state index is 13.0. The molecule has 4 rings (SSSR count). The van der Waals surface area contributed by atoms with Crippen molar-refractivity contribution in [1.82, 2.24) is 4.57 Å². The number of nitrogens with one attached hydrogen (secondary N) is 1. The van der Waals surface area contributed by atoms with Gasteiger partial charge in [-0.2, -0.15) is 0 Å². The first-order chi connectivity index (χ1) is 14.3. The molecule has 1 heterocycles. The van der Waals surface area contributed by atoms with Crippen LogP contribution >= 0.6 is 0 Å². The molecule has 1 aliphatic carbocycles. The van der Waals surface area contributed by atoms with E-state index in [9.17, 15) is 17.8 Å². The zero-order valence-corrected chi connectivity index (χ0v) is 17.5. The van der Waals surface area contributed by atoms with Gasteiger partial charge >= 0.3 is 5.95 Å². The molecule has 7 nitrogen and oxygen atoms in total. The lowest BCUT2D eigenvalue weighted by molar-refractivity contribution is -0.682. The molecule has 1 aromatic heterocycles. The number of rotatable bonds is 8. The molecule has 2 aromatic carbocycles. The fourth-order valence-corrected chi connectivity index (χ4v) is 4.46. The third kappa shape index (κ3) is 4.15. The summed E-state index contributed by atoms with van der Waals surface area (Å²) in [6.07, 6.45) is 6.61. The first kappa shape index (κ1) is 20.3. The van der Waals surface area contributed by atoms with Crippen molar-refractivity contribution in [3.63, 3.8) is 0 Å². The standard InChI is InChI=1S/C22H23N3O4S/c1-24-11-12-25(10-2-3-13-30(27,28)29)22(24)23-15-18-14-17-8-4-6-16-7-5-9-19(20(16)17)21(18)26/h4-9,11-12,14H,2-3,10,13,15H2,1H3,(H,27,28,29). The van der Waals surface area contributed by atoms with Gasteiger partial charge < -0.3 is 4.55 Å². The second kappa shape index (κ2) is 8.04. The second-order valence-electron chi connectivity index (χ2n) is 7.50. The summed E-state index contributed by atoms with van der Waals surface area (Å²) >= 11 is 0. The molecule has 0 fully saturated rings. The first-order valence-electron chi connectivity index (χ1n) is 9.83. The van der Waals surface area contributed by atoms with Crippen LogP contribution in [0.2, 0.25) is 0 Å². The van der Waals surface area contributed by atoms with Gasteiger partial charge in [0.15, 0.2) is 5.78 Å². The quantitative estimate of drug-likeness (QED) is 0.340. The number of anilines is 1. The van der Waals surface area contributed by atoms with E-state index in [2.05, 4.69) is 5.32 Å². The number of unbranched alkanes of at least 4 members (excludes halogenated alkanes) is 1. The van der Waals surface area contributed by atoms with Gasteiger partial charge in [-0.25, -0.2) is 17.6 Å². The maximum atomic E-state index is 13.0. The van der Waals surface area contributed by atoms with Gasteiger partial charge in [0.05, 0.1) is 42.6 Å². The van der Waals surface area contributed by atoms with Crippen LogP contribution in [0.3, 0.4) is 0 Å². The van der Waals surface area contributed by atoms with Gasteiger partial charge in [-0.1, -0.05) is 36.4 Å². The normalized spacial score (nSPS) is 13.5. The van der Waals surface area contributed by atoms with Crippen molar-refractivity contribution in [3.8, 4) is 0 Å². The average Bonchev–Trinajstić information content (AvgIpc) is 3.06. The largest absolute Gasteiger partial charge is 0.748 e. The lowest BCUT2D eigenvalue weighted by atomic mass is 9.88. The first-order valence-corrected chi connectivity index (χ1v) is 11.4. The van der Waals surface area contributed by atoms with E-state index in [0.717, 1.165) is 27.8 Å². The molecular weight excluding hydrogens is 402 g/mol. The summed E-state index contributed by atoms with van der Waals surface area (Å²) in [7, 11) is -2.28. The number of ketones is 1. The summed E-state index contributed by atoms with van der Waals surface area (Å²) < 4.78 is 36.1. The van der Waals surface area contributed by atoms with Crippen LogP contribution in [-0.2, 0) is 23.7 Å². The molecule has 0 aliphatic heterocycles. The third-order valence-corrected chi connectivity index (χ3v) is 6.15. The molecule has 0 radical (unpaired) electrons. The Morgan fingerprint density at radius 2 is 1.90 bits per heavy atom. The van der Waals surface area contributed by atoms with Crippen molar-refractivity contribution in [2.75, 3.05) is 17.6 Å². The van der Waals surface area contributed by atoms with Crippen LogP contribution < -0.4 is 9.88 Å². The summed E-state index contributed by atoms with van der Waals surface area (Å²) in [5.74, 6) is 0.481. The van der Waals surface area contributed by atoms with Crippen molar-refractivity contribution < 1.29 is 22.3 Å². The number of aryl methyl sites for hydroxylation is 2. The van der Waals surface area contributed by atoms with Gasteiger partial charge in [0.25, 0.3) is 0 Å². The fourth-order valence-electron chi connectivity index (χ4n) is 3.90. The predicted octanol–water partition coefficient (Wildman–Crippen LogP) is 2.48. The van der Waals surface area contributed by atoms with E-state index in [1.165, 1.54) is 0 Å². The molecule has 0 saturated carbocycles. The van der Waals surface area contributed by atoms with E-state index in [4.69, 9.17) is 0 Å². The van der Waals surface area contributed by atoms with Crippen LogP contribution in [0.4, 0.5) is 5.95 Å². The van der Waals surface area contributed by atoms with Crippen molar-refractivity contribution in [1.29, 1.82) is 0 Å². The van der Waals surface area contributed by atoms with Crippen LogP contribution in [0, 0.1) is 0 Å². The number of hydrogen-bond donors (Lipinski definition) is 1. The number of nitrogens with zero attached hydrogens (tertiary/aromatic N) is 2. The highest BCUT2D eigenvalue weighted by molar-refractivity contribution is 7.85. The van der Waals surface area contributed by atoms with E-state index < -0.39 is 10.1 Å². The molecule has 1 N–H and O–H groups in total. The van der Waals surface area contributed by atoms with E-state index in [1.807, 2.05) is 71.0 Å². The molecule has 8 heteroatoms. The zero-order chi connectivity index (χ0) is 21.3. The van der Waals surface area contributed by atoms with Crippen molar-refractivity contribution in [3.05, 3.63) is 65.5 Å². The van der Waals surface area contributed by atoms with E-state index in [1.54, 1.807) is 0 Å². The van der Waals surface area contributed by atoms with Crippen LogP contribution in [-0.4, -0.2) is 35.6 Å². The van der Waals surface area contributed by atoms with Gasteiger partial charge in [-0.3, -0.25) is 10.1 Å². The summed E-state index contributed by atoms with van der Waals surface area (Å²) in [5.41, 5.74) is 2.45. The lowest BCUT2D eigenvalue weighted by Gasteiger charge is -2.16. The van der Waals surface area contributed by atoms with Crippen LogP contribution in [0.15, 0.2) is 54.4 Å². The number of hydrogen-bond acceptors (Lipinski definition) is 5. The summed E-state index contributed by atoms with van der Waals surface area (Å²) in [6.45, 7) is 0.949. The Morgan fingerprint density at radius 1 is 1.13 bits per heavy atom. The number of carbonyl (C=O) groups is 1. The van der Waals surface area contributed by atoms with E-state index in [0.29, 0.717) is 31.5 Å². The molecule has 0 amide bonds. The Hall–Kier alpha value is -2.97. The van der Waals surface area contributed by atoms with E-state index in [-0.39, 0.29) is 11.5 Å². The van der Waals surface area contributed by atoms with Gasteiger partial charge in [0, 0.05) is 22.3 Å². The summed E-state index contributed by atoms with van der Waals surface area (Å²) in [5, 5.41) is 5.39. The van der Waals surface area contributed by atoms with Gasteiger partial charge in [0.1, 0.15) is 0 Å². The Bertz CT molecular complexity index is 1250. The molecule has 0 spiro atoms. The number of aromatic nitrogens is 2. The smallest absolute Gasteiger partial charge is 0.357 e. The van der Waals surface area contributed by atoms with Gasteiger partial charge in [-0.05, 0) is 29.9 Å². The Kier molecular flexibility index (Phi) is 5.44. The highest BCUT2D eigenvalue weighted by atomic mass is 32.2. The molecule has 0 atom stereocenters. The van der Waals surface area contributed by atoms with Gasteiger partial charge in [0.2, 0.25) is 0 Å². The topological polar surface area (TPSA) is 95.1 Å². The van der Waals surface area contributed by atoms with Crippen LogP contribution in [0.5, 0.6) is 0 Å².